The molecular formula is C22H28Cl2N3O8PS. The van der Waals surface area contributed by atoms with E-state index in [9.17, 15) is 19.5 Å². The van der Waals surface area contributed by atoms with Gasteiger partial charge in [0.05, 0.1) is 12.7 Å². The predicted molar refractivity (Wildman–Crippen MR) is 142 cm³/mol. The second-order valence-electron chi connectivity index (χ2n) is 8.66. The van der Waals surface area contributed by atoms with Crippen molar-refractivity contribution in [3.8, 4) is 5.75 Å². The first-order valence-electron chi connectivity index (χ1n) is 11.2. The number of rotatable bonds is 10. The molecule has 1 aliphatic rings. The first kappa shape index (κ1) is 29.8. The fourth-order valence-electron chi connectivity index (χ4n) is 3.37. The highest BCUT2D eigenvalue weighted by Gasteiger charge is 2.56. The maximum atomic E-state index is 12.4. The Morgan fingerprint density at radius 3 is 2.57 bits per heavy atom. The molecule has 0 radical (unpaired) electrons. The molecule has 204 valence electrons. The fraction of sp³-hybridized carbons (Fsp3) is 0.500. The van der Waals surface area contributed by atoms with Crippen LogP contribution in [-0.2, 0) is 30.6 Å². The first-order valence-corrected chi connectivity index (χ1v) is 14.6. The molecule has 0 aliphatic carbocycles. The lowest BCUT2D eigenvalue weighted by Gasteiger charge is -2.28. The lowest BCUT2D eigenvalue weighted by molar-refractivity contribution is -0.149. The normalized spacial score (nSPS) is 23.4. The second-order valence-corrected chi connectivity index (χ2v) is 13.2. The second kappa shape index (κ2) is 12.0. The zero-order valence-electron chi connectivity index (χ0n) is 20.4. The van der Waals surface area contributed by atoms with Gasteiger partial charge in [-0.05, 0) is 51.6 Å². The average Bonchev–Trinajstić information content (AvgIpc) is 3.03. The number of carbonyl (C=O) groups excluding carboxylic acids is 1. The van der Waals surface area contributed by atoms with E-state index in [0.29, 0.717) is 5.75 Å². The summed E-state index contributed by atoms with van der Waals surface area (Å²) in [4.78, 5) is 38.6. The number of aliphatic hydroxyl groups excluding tert-OH is 1. The van der Waals surface area contributed by atoms with Gasteiger partial charge in [0.25, 0.3) is 5.56 Å². The number of para-hydroxylation sites is 1. The minimum absolute atomic E-state index is 0.208. The van der Waals surface area contributed by atoms with Gasteiger partial charge < -0.3 is 23.6 Å². The van der Waals surface area contributed by atoms with Crippen LogP contribution in [0.4, 0.5) is 0 Å². The molecule has 11 nitrogen and oxygen atoms in total. The molecule has 2 heterocycles. The summed E-state index contributed by atoms with van der Waals surface area (Å²) >= 11 is 18.4. The third-order valence-electron chi connectivity index (χ3n) is 5.21. The highest BCUT2D eigenvalue weighted by atomic mass is 35.5. The number of carbonyl (C=O) groups is 1. The smallest absolute Gasteiger partial charge is 0.330 e. The largest absolute Gasteiger partial charge is 0.462 e. The van der Waals surface area contributed by atoms with Gasteiger partial charge in [0, 0.05) is 11.8 Å². The Morgan fingerprint density at radius 2 is 1.95 bits per heavy atom. The van der Waals surface area contributed by atoms with Crippen LogP contribution in [0.15, 0.2) is 46.1 Å². The van der Waals surface area contributed by atoms with Crippen molar-refractivity contribution in [2.75, 3.05) is 6.61 Å². The summed E-state index contributed by atoms with van der Waals surface area (Å²) < 4.78 is 21.9. The molecule has 37 heavy (non-hydrogen) atoms. The number of halogens is 2. The molecule has 1 saturated heterocycles. The Morgan fingerprint density at radius 1 is 1.30 bits per heavy atom. The number of aromatic nitrogens is 2. The summed E-state index contributed by atoms with van der Waals surface area (Å²) in [5, 5.41) is 13.7. The number of H-pyrrole nitrogens is 1. The quantitative estimate of drug-likeness (QED) is 0.213. The molecular weight excluding hydrogens is 568 g/mol. The van der Waals surface area contributed by atoms with Crippen molar-refractivity contribution in [3.05, 3.63) is 62.9 Å². The molecule has 3 N–H and O–H groups in total. The van der Waals surface area contributed by atoms with Crippen LogP contribution in [0, 0.1) is 6.92 Å². The molecule has 0 saturated carbocycles. The highest BCUT2D eigenvalue weighted by molar-refractivity contribution is 8.09. The number of hydrogen-bond acceptors (Lipinski definition) is 9. The third-order valence-corrected chi connectivity index (χ3v) is 8.53. The van der Waals surface area contributed by atoms with Crippen molar-refractivity contribution in [1.29, 1.82) is 0 Å². The van der Waals surface area contributed by atoms with Gasteiger partial charge in [-0.3, -0.25) is 19.1 Å². The zero-order chi connectivity index (χ0) is 27.5. The monoisotopic (exact) mass is 595 g/mol. The molecule has 3 rings (SSSR count). The number of benzene rings is 1. The molecule has 0 spiro atoms. The molecule has 0 unspecified atom stereocenters. The predicted octanol–water partition coefficient (Wildman–Crippen LogP) is 2.53. The van der Waals surface area contributed by atoms with Crippen molar-refractivity contribution >= 4 is 47.6 Å². The Hall–Kier alpha value is -1.76. The van der Waals surface area contributed by atoms with Crippen molar-refractivity contribution in [1.82, 2.24) is 14.6 Å². The van der Waals surface area contributed by atoms with Gasteiger partial charge in [-0.15, -0.1) is 0 Å². The van der Waals surface area contributed by atoms with Crippen LogP contribution in [0.3, 0.4) is 0 Å². The summed E-state index contributed by atoms with van der Waals surface area (Å²) in [5.74, 6) is -0.178. The molecule has 5 atom stereocenters. The number of alkyl halides is 2. The Kier molecular flexibility index (Phi) is 9.63. The average molecular weight is 596 g/mol. The van der Waals surface area contributed by atoms with E-state index in [-0.39, 0.29) is 18.3 Å². The van der Waals surface area contributed by atoms with Gasteiger partial charge in [0.15, 0.2) is 10.6 Å². The number of aromatic amines is 1. The van der Waals surface area contributed by atoms with Gasteiger partial charge in [-0.25, -0.2) is 9.88 Å². The summed E-state index contributed by atoms with van der Waals surface area (Å²) in [6.07, 6.45) is -3.15. The minimum atomic E-state index is -3.44. The number of nitrogens with zero attached hydrogens (tertiary/aromatic N) is 1. The summed E-state index contributed by atoms with van der Waals surface area (Å²) in [5.41, 5.74) is -1.19. The number of hydrogen-bond donors (Lipinski definition) is 3. The van der Waals surface area contributed by atoms with Crippen LogP contribution >= 0.6 is 29.8 Å². The van der Waals surface area contributed by atoms with E-state index in [1.807, 2.05) is 0 Å². The van der Waals surface area contributed by atoms with Gasteiger partial charge in [-0.1, -0.05) is 41.4 Å². The Bertz CT molecular complexity index is 1270. The Balaban J connectivity index is 1.82. The van der Waals surface area contributed by atoms with Crippen molar-refractivity contribution in [2.24, 2.45) is 0 Å². The molecule has 15 heteroatoms. The summed E-state index contributed by atoms with van der Waals surface area (Å²) in [6.45, 7) is 2.66. The molecule has 1 aliphatic heterocycles. The highest BCUT2D eigenvalue weighted by Crippen LogP contribution is 2.49. The van der Waals surface area contributed by atoms with Crippen LogP contribution in [0.25, 0.3) is 0 Å². The molecule has 1 aromatic heterocycles. The maximum Gasteiger partial charge on any atom is 0.330 e. The maximum absolute atomic E-state index is 12.4. The molecule has 1 aromatic carbocycles. The van der Waals surface area contributed by atoms with Gasteiger partial charge in [-0.2, -0.15) is 0 Å². The molecule has 2 aromatic rings. The number of nitrogens with one attached hydrogen (secondary N) is 2. The van der Waals surface area contributed by atoms with Gasteiger partial charge in [0.1, 0.15) is 24.0 Å². The van der Waals surface area contributed by atoms with E-state index in [1.165, 1.54) is 13.1 Å². The van der Waals surface area contributed by atoms with Crippen LogP contribution < -0.4 is 20.9 Å². The first-order chi connectivity index (χ1) is 17.2. The van der Waals surface area contributed by atoms with E-state index in [2.05, 4.69) is 10.1 Å². The summed E-state index contributed by atoms with van der Waals surface area (Å²) in [7, 11) is 0. The minimum Gasteiger partial charge on any atom is -0.462 e. The van der Waals surface area contributed by atoms with Crippen LogP contribution in [0.5, 0.6) is 5.75 Å². The number of esters is 1. The van der Waals surface area contributed by atoms with Crippen LogP contribution in [-0.4, -0.2) is 55.9 Å². The van der Waals surface area contributed by atoms with Crippen LogP contribution in [0.1, 0.15) is 32.6 Å². The summed E-state index contributed by atoms with van der Waals surface area (Å²) in [6, 6.07) is 7.69. The van der Waals surface area contributed by atoms with Crippen molar-refractivity contribution in [2.45, 2.75) is 62.6 Å². The number of aryl methyl sites for hydroxylation is 1. The fourth-order valence-corrected chi connectivity index (χ4v) is 6.38. The topological polar surface area (TPSA) is 141 Å². The van der Waals surface area contributed by atoms with E-state index < -0.39 is 52.7 Å². The molecule has 0 bridgehead atoms. The van der Waals surface area contributed by atoms with Gasteiger partial charge in [0.2, 0.25) is 0 Å². The number of ether oxygens (including phenoxy) is 2. The van der Waals surface area contributed by atoms with Crippen molar-refractivity contribution in [3.63, 3.8) is 0 Å². The molecule has 0 amide bonds. The third kappa shape index (κ3) is 7.21. The van der Waals surface area contributed by atoms with E-state index in [4.69, 9.17) is 53.5 Å². The van der Waals surface area contributed by atoms with Crippen LogP contribution in [0.2, 0.25) is 0 Å². The standard InChI is InChI=1S/C22H28Cl2N3O8PS/c1-12(2)33-19(30)14(4)26-36(37,35-15-8-6-5-7-9-15)32-11-16-17(28)22(23,24)20(34-16)27-10-13(3)18(29)25-21(27)31/h5-10,12,14,16-17,20,28H,11H2,1-4H3,(H,26,37)(H,25,29,31)/t14-,16-,17-,20-,36+/m1/s1. The lowest BCUT2D eigenvalue weighted by Crippen LogP contribution is -2.42. The molecule has 1 fully saturated rings. The Labute approximate surface area is 228 Å². The van der Waals surface area contributed by atoms with Gasteiger partial charge >= 0.3 is 18.3 Å². The van der Waals surface area contributed by atoms with E-state index in [0.717, 1.165) is 4.57 Å². The van der Waals surface area contributed by atoms with E-state index in [1.54, 1.807) is 51.1 Å². The van der Waals surface area contributed by atoms with Crippen molar-refractivity contribution < 1.29 is 28.4 Å². The zero-order valence-corrected chi connectivity index (χ0v) is 23.6. The lowest BCUT2D eigenvalue weighted by atomic mass is 10.1. The number of aliphatic hydroxyl groups is 1. The van der Waals surface area contributed by atoms with E-state index >= 15 is 0 Å². The SMILES string of the molecule is Cc1cn([C@@H]2O[C@H](CO[P@@](=S)(N[C@H](C)C(=O)OC(C)C)Oc3ccccc3)[C@@H](O)C2(Cl)Cl)c(=O)[nH]c1=O.